The molecule has 1 amide bonds. The predicted octanol–water partition coefficient (Wildman–Crippen LogP) is 3.98. The summed E-state index contributed by atoms with van der Waals surface area (Å²) in [5, 5.41) is 9.49. The Kier molecular flexibility index (Phi) is 6.97. The van der Waals surface area contributed by atoms with E-state index in [1.807, 2.05) is 73.7 Å². The highest BCUT2D eigenvalue weighted by Crippen LogP contribution is 2.33. The van der Waals surface area contributed by atoms with Crippen molar-refractivity contribution < 1.29 is 13.4 Å². The van der Waals surface area contributed by atoms with Crippen LogP contribution in [0.2, 0.25) is 0 Å². The van der Waals surface area contributed by atoms with Crippen LogP contribution in [0.25, 0.3) is 0 Å². The number of hydrogen-bond acceptors (Lipinski definition) is 5. The van der Waals surface area contributed by atoms with Gasteiger partial charge in [0.2, 0.25) is 0 Å². The highest BCUT2D eigenvalue weighted by molar-refractivity contribution is 7.84. The van der Waals surface area contributed by atoms with E-state index >= 15 is 0 Å². The van der Waals surface area contributed by atoms with E-state index in [0.717, 1.165) is 16.8 Å². The fraction of sp³-hybridized carbons (Fsp3) is 0.280. The standard InChI is InChI=1S/C25H27N3O3S/c1-18-10-12-20(13-11-18)21-15-23(24-9-6-14-31-24)28(27-21)25(29)16-26-22(17-32(2)30)19-7-4-3-5-8-19/h3-14,22-23,26H,15-17H2,1-2H3/t22-,23-,32-/m1/s1. The van der Waals surface area contributed by atoms with Gasteiger partial charge in [-0.1, -0.05) is 60.2 Å². The van der Waals surface area contributed by atoms with Crippen LogP contribution in [-0.2, 0) is 15.6 Å². The van der Waals surface area contributed by atoms with Gasteiger partial charge >= 0.3 is 0 Å². The molecule has 0 spiro atoms. The Bertz CT molecular complexity index is 1100. The first kappa shape index (κ1) is 22.2. The number of furan rings is 1. The van der Waals surface area contributed by atoms with Crippen LogP contribution in [0, 0.1) is 6.92 Å². The molecule has 6 nitrogen and oxygen atoms in total. The lowest BCUT2D eigenvalue weighted by atomic mass is 10.0. The van der Waals surface area contributed by atoms with E-state index < -0.39 is 10.8 Å². The van der Waals surface area contributed by atoms with E-state index in [1.165, 1.54) is 10.6 Å². The van der Waals surface area contributed by atoms with Crippen molar-refractivity contribution in [2.24, 2.45) is 5.10 Å². The highest BCUT2D eigenvalue weighted by Gasteiger charge is 2.34. The SMILES string of the molecule is Cc1ccc(C2=NN(C(=O)CN[C@H](C[S@@](C)=O)c3ccccc3)[C@@H](c3ccco3)C2)cc1. The topological polar surface area (TPSA) is 74.9 Å². The summed E-state index contributed by atoms with van der Waals surface area (Å²) in [4.78, 5) is 13.2. The van der Waals surface area contributed by atoms with Gasteiger partial charge in [-0.15, -0.1) is 0 Å². The molecular weight excluding hydrogens is 422 g/mol. The van der Waals surface area contributed by atoms with Gasteiger partial charge in [-0.2, -0.15) is 5.10 Å². The minimum absolute atomic E-state index is 0.0820. The van der Waals surface area contributed by atoms with Crippen molar-refractivity contribution in [3.63, 3.8) is 0 Å². The second-order valence-corrected chi connectivity index (χ2v) is 9.45. The van der Waals surface area contributed by atoms with E-state index in [-0.39, 0.29) is 24.5 Å². The number of benzene rings is 2. The molecule has 0 saturated carbocycles. The third-order valence-electron chi connectivity index (χ3n) is 5.53. The number of nitrogens with one attached hydrogen (secondary N) is 1. The van der Waals surface area contributed by atoms with Gasteiger partial charge in [-0.05, 0) is 30.2 Å². The number of nitrogens with zero attached hydrogens (tertiary/aromatic N) is 2. The van der Waals surface area contributed by atoms with E-state index in [0.29, 0.717) is 17.9 Å². The summed E-state index contributed by atoms with van der Waals surface area (Å²) in [6.07, 6.45) is 3.87. The normalized spacial score (nSPS) is 17.8. The lowest BCUT2D eigenvalue weighted by molar-refractivity contribution is -0.132. The second-order valence-electron chi connectivity index (χ2n) is 7.97. The first-order valence-corrected chi connectivity index (χ1v) is 12.3. The zero-order valence-corrected chi connectivity index (χ0v) is 19.0. The molecule has 0 bridgehead atoms. The molecule has 4 rings (SSSR count). The molecule has 1 aliphatic heterocycles. The van der Waals surface area contributed by atoms with E-state index in [2.05, 4.69) is 10.4 Å². The number of aryl methyl sites for hydroxylation is 1. The fourth-order valence-corrected chi connectivity index (χ4v) is 4.63. The van der Waals surface area contributed by atoms with Crippen LogP contribution in [0.3, 0.4) is 0 Å². The number of amides is 1. The average molecular weight is 450 g/mol. The van der Waals surface area contributed by atoms with Crippen LogP contribution in [0.4, 0.5) is 0 Å². The number of carbonyl (C=O) groups is 1. The minimum atomic E-state index is -1.01. The van der Waals surface area contributed by atoms with Gasteiger partial charge in [0.25, 0.3) is 5.91 Å². The number of rotatable bonds is 8. The summed E-state index contributed by atoms with van der Waals surface area (Å²) in [6.45, 7) is 2.12. The Hall–Kier alpha value is -3.03. The van der Waals surface area contributed by atoms with Gasteiger partial charge < -0.3 is 9.73 Å². The Labute approximate surface area is 190 Å². The Morgan fingerprint density at radius 3 is 2.56 bits per heavy atom. The Balaban J connectivity index is 1.53. The fourth-order valence-electron chi connectivity index (χ4n) is 3.85. The van der Waals surface area contributed by atoms with Crippen molar-refractivity contribution in [2.75, 3.05) is 18.6 Å². The quantitative estimate of drug-likeness (QED) is 0.565. The van der Waals surface area contributed by atoms with Crippen LogP contribution in [0.15, 0.2) is 82.5 Å². The molecule has 0 fully saturated rings. The molecule has 7 heteroatoms. The molecule has 2 heterocycles. The number of hydrazone groups is 1. The summed E-state index contributed by atoms with van der Waals surface area (Å²) in [7, 11) is -1.01. The molecule has 1 aromatic heterocycles. The first-order chi connectivity index (χ1) is 15.5. The molecular formula is C25H27N3O3S. The van der Waals surface area contributed by atoms with Gasteiger partial charge in [-0.3, -0.25) is 9.00 Å². The van der Waals surface area contributed by atoms with Gasteiger partial charge in [0.15, 0.2) is 0 Å². The van der Waals surface area contributed by atoms with Crippen LogP contribution >= 0.6 is 0 Å². The average Bonchev–Trinajstić information content (AvgIpc) is 3.47. The third-order valence-corrected chi connectivity index (χ3v) is 6.33. The Morgan fingerprint density at radius 2 is 1.91 bits per heavy atom. The molecule has 0 aliphatic carbocycles. The lowest BCUT2D eigenvalue weighted by Crippen LogP contribution is -2.38. The maximum Gasteiger partial charge on any atom is 0.257 e. The monoisotopic (exact) mass is 449 g/mol. The van der Waals surface area contributed by atoms with Crippen molar-refractivity contribution in [3.05, 3.63) is 95.4 Å². The van der Waals surface area contributed by atoms with Crippen molar-refractivity contribution in [2.45, 2.75) is 25.4 Å². The van der Waals surface area contributed by atoms with E-state index in [4.69, 9.17) is 4.42 Å². The van der Waals surface area contributed by atoms with Crippen LogP contribution in [0.1, 0.15) is 41.0 Å². The molecule has 1 N–H and O–H groups in total. The first-order valence-electron chi connectivity index (χ1n) is 10.6. The largest absolute Gasteiger partial charge is 0.467 e. The molecule has 0 unspecified atom stereocenters. The van der Waals surface area contributed by atoms with Gasteiger partial charge in [-0.25, -0.2) is 5.01 Å². The number of hydrogen-bond donors (Lipinski definition) is 1. The summed E-state index contributed by atoms with van der Waals surface area (Å²) >= 11 is 0. The second kappa shape index (κ2) is 10.1. The molecule has 166 valence electrons. The predicted molar refractivity (Wildman–Crippen MR) is 127 cm³/mol. The zero-order chi connectivity index (χ0) is 22.5. The molecule has 0 radical (unpaired) electrons. The minimum Gasteiger partial charge on any atom is -0.467 e. The smallest absolute Gasteiger partial charge is 0.257 e. The van der Waals surface area contributed by atoms with Gasteiger partial charge in [0, 0.05) is 35.3 Å². The number of carbonyl (C=O) groups excluding carboxylic acids is 1. The van der Waals surface area contributed by atoms with Crippen LogP contribution in [0.5, 0.6) is 0 Å². The van der Waals surface area contributed by atoms with Gasteiger partial charge in [0.05, 0.1) is 18.5 Å². The molecule has 2 aromatic carbocycles. The highest BCUT2D eigenvalue weighted by atomic mass is 32.2. The zero-order valence-electron chi connectivity index (χ0n) is 18.2. The van der Waals surface area contributed by atoms with Crippen molar-refractivity contribution in [1.82, 2.24) is 10.3 Å². The summed E-state index contributed by atoms with van der Waals surface area (Å²) in [5.74, 6) is 0.978. The van der Waals surface area contributed by atoms with Crippen LogP contribution in [-0.4, -0.2) is 39.4 Å². The third kappa shape index (κ3) is 5.23. The molecule has 0 saturated heterocycles. The van der Waals surface area contributed by atoms with E-state index in [1.54, 1.807) is 12.5 Å². The summed E-state index contributed by atoms with van der Waals surface area (Å²) in [6, 6.07) is 21.1. The van der Waals surface area contributed by atoms with Crippen molar-refractivity contribution in [3.8, 4) is 0 Å². The van der Waals surface area contributed by atoms with Crippen molar-refractivity contribution >= 4 is 22.4 Å². The summed E-state index contributed by atoms with van der Waals surface area (Å²) < 4.78 is 17.5. The molecule has 3 atom stereocenters. The van der Waals surface area contributed by atoms with Crippen molar-refractivity contribution in [1.29, 1.82) is 0 Å². The molecule has 1 aliphatic rings. The summed E-state index contributed by atoms with van der Waals surface area (Å²) in [5.41, 5.74) is 4.03. The molecule has 3 aromatic rings. The Morgan fingerprint density at radius 1 is 1.16 bits per heavy atom. The molecule has 32 heavy (non-hydrogen) atoms. The lowest BCUT2D eigenvalue weighted by Gasteiger charge is -2.23. The van der Waals surface area contributed by atoms with Crippen LogP contribution < -0.4 is 5.32 Å². The maximum atomic E-state index is 13.2. The van der Waals surface area contributed by atoms with E-state index in [9.17, 15) is 9.00 Å². The van der Waals surface area contributed by atoms with Gasteiger partial charge in [0.1, 0.15) is 11.8 Å². The maximum absolute atomic E-state index is 13.2.